The van der Waals surface area contributed by atoms with Crippen molar-refractivity contribution in [3.63, 3.8) is 0 Å². The van der Waals surface area contributed by atoms with Crippen molar-refractivity contribution in [3.8, 4) is 0 Å². The number of carbonyl (C=O) groups excluding carboxylic acids is 1. The highest BCUT2D eigenvalue weighted by Crippen LogP contribution is 2.47. The minimum atomic E-state index is -0.279. The summed E-state index contributed by atoms with van der Waals surface area (Å²) in [4.78, 5) is 13.9. The van der Waals surface area contributed by atoms with Gasteiger partial charge >= 0.3 is 0 Å². The fraction of sp³-hybridized carbons (Fsp3) is 0.316. The standard InChI is InChI=1S/C19H20ClNO/c1-15-8-7-11-17(20)18(15)21(14-22)19(12-5-6-13-19)16-9-3-2-4-10-16/h2-4,7-11,14H,5-6,12-13H2,1H3. The molecule has 1 aliphatic carbocycles. The van der Waals surface area contributed by atoms with Gasteiger partial charge < -0.3 is 4.90 Å². The van der Waals surface area contributed by atoms with Gasteiger partial charge in [0.25, 0.3) is 0 Å². The second-order valence-electron chi connectivity index (χ2n) is 5.99. The number of amides is 1. The van der Waals surface area contributed by atoms with Gasteiger partial charge in [-0.05, 0) is 37.0 Å². The van der Waals surface area contributed by atoms with E-state index in [-0.39, 0.29) is 5.54 Å². The van der Waals surface area contributed by atoms with Crippen LogP contribution in [0.1, 0.15) is 36.8 Å². The van der Waals surface area contributed by atoms with Crippen molar-refractivity contribution in [1.29, 1.82) is 0 Å². The van der Waals surface area contributed by atoms with Crippen molar-refractivity contribution in [2.24, 2.45) is 0 Å². The molecule has 0 spiro atoms. The van der Waals surface area contributed by atoms with Gasteiger partial charge in [0.1, 0.15) is 0 Å². The average molecular weight is 314 g/mol. The summed E-state index contributed by atoms with van der Waals surface area (Å²) in [6.07, 6.45) is 5.15. The SMILES string of the molecule is Cc1cccc(Cl)c1N(C=O)C1(c2ccccc2)CCCC1. The minimum Gasteiger partial charge on any atom is -0.303 e. The number of benzene rings is 2. The summed E-state index contributed by atoms with van der Waals surface area (Å²) in [6.45, 7) is 2.01. The predicted molar refractivity (Wildman–Crippen MR) is 91.3 cm³/mol. The van der Waals surface area contributed by atoms with E-state index in [2.05, 4.69) is 12.1 Å². The van der Waals surface area contributed by atoms with Gasteiger partial charge in [0.15, 0.2) is 0 Å². The van der Waals surface area contributed by atoms with Crippen molar-refractivity contribution in [1.82, 2.24) is 0 Å². The van der Waals surface area contributed by atoms with Crippen LogP contribution in [0.3, 0.4) is 0 Å². The average Bonchev–Trinajstić information content (AvgIpc) is 3.02. The lowest BCUT2D eigenvalue weighted by molar-refractivity contribution is -0.108. The Labute approximate surface area is 136 Å². The molecule has 0 bridgehead atoms. The van der Waals surface area contributed by atoms with E-state index in [4.69, 9.17) is 11.6 Å². The van der Waals surface area contributed by atoms with E-state index < -0.39 is 0 Å². The molecule has 1 saturated carbocycles. The first-order valence-electron chi connectivity index (χ1n) is 7.74. The molecule has 0 heterocycles. The highest BCUT2D eigenvalue weighted by Gasteiger charge is 2.42. The molecule has 3 rings (SSSR count). The molecule has 0 unspecified atom stereocenters. The van der Waals surface area contributed by atoms with Crippen LogP contribution in [0.2, 0.25) is 5.02 Å². The van der Waals surface area contributed by atoms with Crippen molar-refractivity contribution in [2.75, 3.05) is 4.90 Å². The van der Waals surface area contributed by atoms with Gasteiger partial charge in [-0.1, -0.05) is 66.9 Å². The monoisotopic (exact) mass is 313 g/mol. The lowest BCUT2D eigenvalue weighted by Gasteiger charge is -2.40. The molecule has 1 fully saturated rings. The number of carbonyl (C=O) groups is 1. The summed E-state index contributed by atoms with van der Waals surface area (Å²) in [5.74, 6) is 0. The molecule has 0 radical (unpaired) electrons. The number of hydrogen-bond acceptors (Lipinski definition) is 1. The molecule has 0 saturated heterocycles. The van der Waals surface area contributed by atoms with E-state index in [0.29, 0.717) is 5.02 Å². The van der Waals surface area contributed by atoms with Crippen molar-refractivity contribution < 1.29 is 4.79 Å². The summed E-state index contributed by atoms with van der Waals surface area (Å²) >= 11 is 6.43. The molecule has 2 aromatic carbocycles. The molecule has 0 aliphatic heterocycles. The molecule has 2 nitrogen and oxygen atoms in total. The largest absolute Gasteiger partial charge is 0.303 e. The third-order valence-electron chi connectivity index (χ3n) is 4.74. The van der Waals surface area contributed by atoms with Gasteiger partial charge in [-0.2, -0.15) is 0 Å². The first-order chi connectivity index (χ1) is 10.7. The summed E-state index contributed by atoms with van der Waals surface area (Å²) in [6, 6.07) is 16.1. The van der Waals surface area contributed by atoms with Crippen LogP contribution >= 0.6 is 11.6 Å². The Balaban J connectivity index is 2.17. The van der Waals surface area contributed by atoms with Crippen LogP contribution < -0.4 is 4.90 Å². The summed E-state index contributed by atoms with van der Waals surface area (Å²) < 4.78 is 0. The van der Waals surface area contributed by atoms with Crippen LogP contribution in [0.5, 0.6) is 0 Å². The van der Waals surface area contributed by atoms with Crippen molar-refractivity contribution in [2.45, 2.75) is 38.1 Å². The minimum absolute atomic E-state index is 0.279. The van der Waals surface area contributed by atoms with E-state index >= 15 is 0 Å². The zero-order chi connectivity index (χ0) is 15.6. The summed E-state index contributed by atoms with van der Waals surface area (Å²) in [5.41, 5.74) is 2.78. The highest BCUT2D eigenvalue weighted by molar-refractivity contribution is 6.33. The molecular weight excluding hydrogens is 294 g/mol. The molecule has 1 aliphatic rings. The third kappa shape index (κ3) is 2.42. The Kier molecular flexibility index (Phi) is 4.21. The van der Waals surface area contributed by atoms with Gasteiger partial charge in [-0.15, -0.1) is 0 Å². The molecule has 0 N–H and O–H groups in total. The number of nitrogens with zero attached hydrogens (tertiary/aromatic N) is 1. The maximum atomic E-state index is 12.0. The Morgan fingerprint density at radius 3 is 2.32 bits per heavy atom. The first kappa shape index (κ1) is 15.1. The third-order valence-corrected chi connectivity index (χ3v) is 5.04. The number of hydrogen-bond donors (Lipinski definition) is 0. The van der Waals surface area contributed by atoms with Gasteiger partial charge in [-0.25, -0.2) is 0 Å². The molecule has 2 aromatic rings. The van der Waals surface area contributed by atoms with Crippen molar-refractivity contribution in [3.05, 3.63) is 64.7 Å². The number of para-hydroxylation sites is 1. The van der Waals surface area contributed by atoms with E-state index in [1.165, 1.54) is 5.56 Å². The fourth-order valence-electron chi connectivity index (χ4n) is 3.67. The molecule has 114 valence electrons. The Morgan fingerprint density at radius 2 is 1.73 bits per heavy atom. The van der Waals surface area contributed by atoms with E-state index in [9.17, 15) is 4.79 Å². The lowest BCUT2D eigenvalue weighted by atomic mass is 9.85. The van der Waals surface area contributed by atoms with Gasteiger partial charge in [0, 0.05) is 0 Å². The number of aryl methyl sites for hydroxylation is 1. The highest BCUT2D eigenvalue weighted by atomic mass is 35.5. The van der Waals surface area contributed by atoms with Crippen LogP contribution in [-0.2, 0) is 10.3 Å². The Hall–Kier alpha value is -1.80. The number of halogens is 1. The van der Waals surface area contributed by atoms with Crippen LogP contribution in [0.15, 0.2) is 48.5 Å². The van der Waals surface area contributed by atoms with E-state index in [1.807, 2.05) is 48.2 Å². The number of rotatable bonds is 4. The molecular formula is C19H20ClNO. The van der Waals surface area contributed by atoms with Crippen LogP contribution in [0.25, 0.3) is 0 Å². The molecule has 22 heavy (non-hydrogen) atoms. The molecule has 1 amide bonds. The molecule has 0 aromatic heterocycles. The van der Waals surface area contributed by atoms with Gasteiger partial charge in [0.05, 0.1) is 16.2 Å². The predicted octanol–water partition coefficient (Wildman–Crippen LogP) is 5.08. The normalized spacial score (nSPS) is 16.5. The van der Waals surface area contributed by atoms with Crippen molar-refractivity contribution >= 4 is 23.7 Å². The lowest BCUT2D eigenvalue weighted by Crippen LogP contribution is -2.44. The zero-order valence-electron chi connectivity index (χ0n) is 12.8. The van der Waals surface area contributed by atoms with Crippen LogP contribution in [0.4, 0.5) is 5.69 Å². The van der Waals surface area contributed by atoms with Gasteiger partial charge in [-0.3, -0.25) is 4.79 Å². The first-order valence-corrected chi connectivity index (χ1v) is 8.12. The maximum absolute atomic E-state index is 12.0. The maximum Gasteiger partial charge on any atom is 0.214 e. The van der Waals surface area contributed by atoms with E-state index in [1.54, 1.807) is 0 Å². The second-order valence-corrected chi connectivity index (χ2v) is 6.39. The van der Waals surface area contributed by atoms with Crippen LogP contribution in [0, 0.1) is 6.92 Å². The van der Waals surface area contributed by atoms with Gasteiger partial charge in [0.2, 0.25) is 6.41 Å². The van der Waals surface area contributed by atoms with E-state index in [0.717, 1.165) is 43.3 Å². The zero-order valence-corrected chi connectivity index (χ0v) is 13.5. The topological polar surface area (TPSA) is 20.3 Å². The Morgan fingerprint density at radius 1 is 1.05 bits per heavy atom. The smallest absolute Gasteiger partial charge is 0.214 e. The second kappa shape index (κ2) is 6.13. The van der Waals surface area contributed by atoms with Crippen LogP contribution in [-0.4, -0.2) is 6.41 Å². The summed E-state index contributed by atoms with van der Waals surface area (Å²) in [5, 5.41) is 0.634. The number of anilines is 1. The quantitative estimate of drug-likeness (QED) is 0.721. The molecule has 0 atom stereocenters. The summed E-state index contributed by atoms with van der Waals surface area (Å²) in [7, 11) is 0. The Bertz CT molecular complexity index is 642. The fourth-order valence-corrected chi connectivity index (χ4v) is 3.99. The molecule has 3 heteroatoms.